The molecule has 2 aromatic rings. The van der Waals surface area contributed by atoms with Crippen molar-refractivity contribution in [1.82, 2.24) is 0 Å². The highest BCUT2D eigenvalue weighted by atomic mass is 35.5. The van der Waals surface area contributed by atoms with Crippen molar-refractivity contribution in [3.63, 3.8) is 0 Å². The second-order valence-corrected chi connectivity index (χ2v) is 6.74. The molecule has 7 heteroatoms. The van der Waals surface area contributed by atoms with Crippen LogP contribution >= 0.6 is 11.6 Å². The van der Waals surface area contributed by atoms with Crippen LogP contribution in [0.25, 0.3) is 0 Å². The summed E-state index contributed by atoms with van der Waals surface area (Å²) in [5.74, 6) is -0.302. The van der Waals surface area contributed by atoms with Gasteiger partial charge in [-0.15, -0.1) is 0 Å². The van der Waals surface area contributed by atoms with E-state index < -0.39 is 18.0 Å². The summed E-state index contributed by atoms with van der Waals surface area (Å²) in [4.78, 5) is 24.8. The number of rotatable bonds is 4. The standard InChI is InChI=1S/C20H20ClNO5/c1-11-4-5-16(12(2)8-11)22-19(23)13(3)27-20(24)14-9-15(21)18-17(10-14)25-6-7-26-18/h4-5,8-10,13H,6-7H2,1-3H3,(H,22,23)/t13-/m0/s1. The van der Waals surface area contributed by atoms with Crippen LogP contribution in [0.15, 0.2) is 30.3 Å². The van der Waals surface area contributed by atoms with Gasteiger partial charge in [0.15, 0.2) is 17.6 Å². The summed E-state index contributed by atoms with van der Waals surface area (Å²) in [6, 6.07) is 8.61. The fourth-order valence-corrected chi connectivity index (χ4v) is 2.96. The predicted octanol–water partition coefficient (Wildman–Crippen LogP) is 3.91. The van der Waals surface area contributed by atoms with Gasteiger partial charge in [0.25, 0.3) is 5.91 Å². The third-order valence-corrected chi connectivity index (χ3v) is 4.41. The minimum Gasteiger partial charge on any atom is -0.486 e. The number of nitrogens with one attached hydrogen (secondary N) is 1. The van der Waals surface area contributed by atoms with Gasteiger partial charge < -0.3 is 19.5 Å². The van der Waals surface area contributed by atoms with E-state index in [1.807, 2.05) is 32.0 Å². The van der Waals surface area contributed by atoms with E-state index in [4.69, 9.17) is 25.8 Å². The maximum absolute atomic E-state index is 12.4. The molecule has 1 amide bonds. The molecule has 1 N–H and O–H groups in total. The lowest BCUT2D eigenvalue weighted by Gasteiger charge is -2.20. The molecule has 2 aromatic carbocycles. The number of ether oxygens (including phenoxy) is 3. The molecule has 0 aliphatic carbocycles. The number of amides is 1. The minimum absolute atomic E-state index is 0.190. The molecule has 0 radical (unpaired) electrons. The number of aryl methyl sites for hydroxylation is 2. The smallest absolute Gasteiger partial charge is 0.339 e. The zero-order chi connectivity index (χ0) is 19.6. The molecule has 0 bridgehead atoms. The van der Waals surface area contributed by atoms with Crippen LogP contribution < -0.4 is 14.8 Å². The molecule has 0 saturated heterocycles. The second kappa shape index (κ2) is 7.88. The van der Waals surface area contributed by atoms with Gasteiger partial charge in [-0.05, 0) is 44.5 Å². The predicted molar refractivity (Wildman–Crippen MR) is 102 cm³/mol. The molecule has 1 heterocycles. The summed E-state index contributed by atoms with van der Waals surface area (Å²) >= 11 is 6.14. The molecule has 27 heavy (non-hydrogen) atoms. The van der Waals surface area contributed by atoms with Crippen molar-refractivity contribution in [1.29, 1.82) is 0 Å². The van der Waals surface area contributed by atoms with E-state index in [1.165, 1.54) is 19.1 Å². The van der Waals surface area contributed by atoms with Crippen molar-refractivity contribution in [2.45, 2.75) is 26.9 Å². The van der Waals surface area contributed by atoms with Crippen LogP contribution in [0.2, 0.25) is 5.02 Å². The number of carbonyl (C=O) groups excluding carboxylic acids is 2. The Kier molecular flexibility index (Phi) is 5.56. The lowest BCUT2D eigenvalue weighted by atomic mass is 10.1. The molecule has 0 spiro atoms. The third kappa shape index (κ3) is 4.34. The van der Waals surface area contributed by atoms with E-state index in [2.05, 4.69) is 5.32 Å². The number of halogens is 1. The highest BCUT2D eigenvalue weighted by molar-refractivity contribution is 6.32. The Balaban J connectivity index is 1.68. The summed E-state index contributed by atoms with van der Waals surface area (Å²) in [5, 5.41) is 3.02. The van der Waals surface area contributed by atoms with Gasteiger partial charge >= 0.3 is 5.97 Å². The molecule has 0 saturated carbocycles. The fourth-order valence-electron chi connectivity index (χ4n) is 2.70. The van der Waals surface area contributed by atoms with Crippen molar-refractivity contribution >= 4 is 29.2 Å². The highest BCUT2D eigenvalue weighted by Crippen LogP contribution is 2.38. The minimum atomic E-state index is -0.981. The molecule has 1 atom stereocenters. The fraction of sp³-hybridized carbons (Fsp3) is 0.300. The van der Waals surface area contributed by atoms with Gasteiger partial charge in [-0.3, -0.25) is 4.79 Å². The molecule has 3 rings (SSSR count). The van der Waals surface area contributed by atoms with E-state index in [1.54, 1.807) is 0 Å². The highest BCUT2D eigenvalue weighted by Gasteiger charge is 2.23. The van der Waals surface area contributed by atoms with Crippen molar-refractivity contribution in [3.8, 4) is 11.5 Å². The Hall–Kier alpha value is -2.73. The Morgan fingerprint density at radius 2 is 1.89 bits per heavy atom. The summed E-state index contributed by atoms with van der Waals surface area (Å²) in [7, 11) is 0. The number of benzene rings is 2. The molecule has 1 aliphatic rings. The van der Waals surface area contributed by atoms with Crippen LogP contribution in [0.3, 0.4) is 0 Å². The first-order chi connectivity index (χ1) is 12.8. The van der Waals surface area contributed by atoms with Crippen LogP contribution in [-0.4, -0.2) is 31.2 Å². The van der Waals surface area contributed by atoms with Crippen molar-refractivity contribution < 1.29 is 23.8 Å². The second-order valence-electron chi connectivity index (χ2n) is 6.34. The Bertz CT molecular complexity index is 896. The van der Waals surface area contributed by atoms with E-state index >= 15 is 0 Å². The van der Waals surface area contributed by atoms with Crippen molar-refractivity contribution in [2.24, 2.45) is 0 Å². The topological polar surface area (TPSA) is 73.9 Å². The first-order valence-corrected chi connectivity index (χ1v) is 8.91. The first kappa shape index (κ1) is 19.0. The summed E-state index contributed by atoms with van der Waals surface area (Å²) in [6.07, 6.45) is -0.981. The average Bonchev–Trinajstić information content (AvgIpc) is 2.63. The van der Waals surface area contributed by atoms with Gasteiger partial charge in [-0.1, -0.05) is 29.3 Å². The van der Waals surface area contributed by atoms with Crippen molar-refractivity contribution in [2.75, 3.05) is 18.5 Å². The average molecular weight is 390 g/mol. The Labute approximate surface area is 162 Å². The molecule has 0 unspecified atom stereocenters. The maximum atomic E-state index is 12.4. The number of hydrogen-bond acceptors (Lipinski definition) is 5. The zero-order valence-electron chi connectivity index (χ0n) is 15.3. The number of hydrogen-bond donors (Lipinski definition) is 1. The summed E-state index contributed by atoms with van der Waals surface area (Å²) < 4.78 is 16.1. The number of fused-ring (bicyclic) bond motifs is 1. The summed E-state index contributed by atoms with van der Waals surface area (Å²) in [5.41, 5.74) is 2.90. The molecular weight excluding hydrogens is 370 g/mol. The largest absolute Gasteiger partial charge is 0.486 e. The summed E-state index contributed by atoms with van der Waals surface area (Å²) in [6.45, 7) is 6.15. The van der Waals surface area contributed by atoms with Gasteiger partial charge in [0, 0.05) is 5.69 Å². The van der Waals surface area contributed by atoms with E-state index in [9.17, 15) is 9.59 Å². The third-order valence-electron chi connectivity index (χ3n) is 4.13. The van der Waals surface area contributed by atoms with Gasteiger partial charge in [0.1, 0.15) is 13.2 Å². The zero-order valence-corrected chi connectivity index (χ0v) is 16.1. The van der Waals surface area contributed by atoms with Crippen LogP contribution in [-0.2, 0) is 9.53 Å². The van der Waals surface area contributed by atoms with E-state index in [0.717, 1.165) is 11.1 Å². The molecule has 6 nitrogen and oxygen atoms in total. The normalized spacial score (nSPS) is 13.6. The molecule has 142 valence electrons. The van der Waals surface area contributed by atoms with Crippen LogP contribution in [0, 0.1) is 13.8 Å². The van der Waals surface area contributed by atoms with Crippen LogP contribution in [0.1, 0.15) is 28.4 Å². The quantitative estimate of drug-likeness (QED) is 0.802. The van der Waals surface area contributed by atoms with E-state index in [0.29, 0.717) is 30.4 Å². The first-order valence-electron chi connectivity index (χ1n) is 8.53. The Morgan fingerprint density at radius 1 is 1.15 bits per heavy atom. The lowest BCUT2D eigenvalue weighted by molar-refractivity contribution is -0.123. The molecular formula is C20H20ClNO5. The van der Waals surface area contributed by atoms with Crippen LogP contribution in [0.4, 0.5) is 5.69 Å². The Morgan fingerprint density at radius 3 is 2.63 bits per heavy atom. The molecule has 0 aromatic heterocycles. The van der Waals surface area contributed by atoms with Gasteiger partial charge in [0.2, 0.25) is 0 Å². The maximum Gasteiger partial charge on any atom is 0.339 e. The molecule has 0 fully saturated rings. The van der Waals surface area contributed by atoms with Gasteiger partial charge in [0.05, 0.1) is 10.6 Å². The van der Waals surface area contributed by atoms with Gasteiger partial charge in [-0.25, -0.2) is 4.79 Å². The van der Waals surface area contributed by atoms with Crippen LogP contribution in [0.5, 0.6) is 11.5 Å². The number of esters is 1. The lowest BCUT2D eigenvalue weighted by Crippen LogP contribution is -2.30. The van der Waals surface area contributed by atoms with Crippen molar-refractivity contribution in [3.05, 3.63) is 52.0 Å². The number of carbonyl (C=O) groups is 2. The monoisotopic (exact) mass is 389 g/mol. The number of anilines is 1. The van der Waals surface area contributed by atoms with E-state index in [-0.39, 0.29) is 10.6 Å². The molecule has 1 aliphatic heterocycles. The van der Waals surface area contributed by atoms with Gasteiger partial charge in [-0.2, -0.15) is 0 Å². The SMILES string of the molecule is Cc1ccc(NC(=O)[C@H](C)OC(=O)c2cc(Cl)c3c(c2)OCCO3)c(C)c1.